The van der Waals surface area contributed by atoms with Crippen LogP contribution in [0.4, 0.5) is 14.5 Å². The lowest BCUT2D eigenvalue weighted by molar-refractivity contribution is -0.141. The number of likely N-dealkylation sites (N-methyl/N-ethyl adjacent to an activating group) is 1. The Bertz CT molecular complexity index is 591. The molecular weight excluding hydrogens is 267 g/mol. The minimum atomic E-state index is -3.46. The molecule has 0 spiro atoms. The number of alkyl halides is 2. The molecule has 1 aromatic carbocycles. The second kappa shape index (κ2) is 4.02. The fraction of sp³-hybridized carbons (Fsp3) is 0.462. The lowest BCUT2D eigenvalue weighted by Gasteiger charge is -2.16. The fourth-order valence-electron chi connectivity index (χ4n) is 2.47. The molecule has 0 saturated carbocycles. The molecule has 1 fully saturated rings. The molecule has 4 nitrogen and oxygen atoms in total. The maximum Gasteiger partial charge on any atom is 0.494 e. The molecule has 0 aromatic heterocycles. The van der Waals surface area contributed by atoms with E-state index < -0.39 is 24.5 Å². The number of fused-ring (bicyclic) bond motifs is 1. The van der Waals surface area contributed by atoms with Crippen LogP contribution in [-0.2, 0) is 20.0 Å². The summed E-state index contributed by atoms with van der Waals surface area (Å²) < 4.78 is 38.7. The molecule has 0 bridgehead atoms. The van der Waals surface area contributed by atoms with Crippen LogP contribution in [0.25, 0.3) is 0 Å². The average Bonchev–Trinajstić information content (AvgIpc) is 2.83. The summed E-state index contributed by atoms with van der Waals surface area (Å²) in [5, 5.41) is 0. The zero-order valence-electron chi connectivity index (χ0n) is 11.4. The highest BCUT2D eigenvalue weighted by atomic mass is 19.3. The lowest BCUT2D eigenvalue weighted by atomic mass is 9.78. The summed E-state index contributed by atoms with van der Waals surface area (Å²) in [5.74, 6) is -4.67. The van der Waals surface area contributed by atoms with Gasteiger partial charge in [0, 0.05) is 7.05 Å². The van der Waals surface area contributed by atoms with Crippen LogP contribution in [0, 0.1) is 0 Å². The van der Waals surface area contributed by atoms with Gasteiger partial charge in [0.1, 0.15) is 0 Å². The first-order valence-corrected chi connectivity index (χ1v) is 6.32. The highest BCUT2D eigenvalue weighted by Crippen LogP contribution is 2.42. The van der Waals surface area contributed by atoms with Crippen LogP contribution in [-0.4, -0.2) is 32.3 Å². The Morgan fingerprint density at radius 3 is 2.65 bits per heavy atom. The largest absolute Gasteiger partial charge is 0.494 e. The Kier molecular flexibility index (Phi) is 2.72. The number of hydrogen-bond donors (Lipinski definition) is 0. The minimum Gasteiger partial charge on any atom is -0.404 e. The maximum absolute atomic E-state index is 13.8. The summed E-state index contributed by atoms with van der Waals surface area (Å²) >= 11 is 0. The molecular formula is C13H14BF2NO3. The first-order valence-electron chi connectivity index (χ1n) is 6.32. The molecule has 7 heteroatoms. The van der Waals surface area contributed by atoms with Gasteiger partial charge in [0.15, 0.2) is 0 Å². The summed E-state index contributed by atoms with van der Waals surface area (Å²) in [6.45, 7) is 4.22. The van der Waals surface area contributed by atoms with Gasteiger partial charge in [0.2, 0.25) is 0 Å². The van der Waals surface area contributed by atoms with Crippen molar-refractivity contribution in [3.05, 3.63) is 23.8 Å². The fourth-order valence-corrected chi connectivity index (χ4v) is 2.47. The zero-order valence-corrected chi connectivity index (χ0v) is 11.4. The first kappa shape index (κ1) is 13.5. The van der Waals surface area contributed by atoms with Crippen LogP contribution in [0.3, 0.4) is 0 Å². The molecule has 0 atom stereocenters. The number of carbonyl (C=O) groups is 1. The predicted octanol–water partition coefficient (Wildman–Crippen LogP) is 1.28. The normalized spacial score (nSPS) is 23.4. The summed E-state index contributed by atoms with van der Waals surface area (Å²) in [6, 6.07) is 4.32. The van der Waals surface area contributed by atoms with Crippen molar-refractivity contribution in [1.29, 1.82) is 0 Å². The number of hydrogen-bond acceptors (Lipinski definition) is 3. The Balaban J connectivity index is 1.98. The second-order valence-electron chi connectivity index (χ2n) is 5.74. The Morgan fingerprint density at radius 1 is 1.35 bits per heavy atom. The van der Waals surface area contributed by atoms with Crippen molar-refractivity contribution < 1.29 is 22.9 Å². The monoisotopic (exact) mass is 281 g/mol. The van der Waals surface area contributed by atoms with Crippen LogP contribution < -0.4 is 10.4 Å². The van der Waals surface area contributed by atoms with E-state index in [0.717, 1.165) is 4.90 Å². The van der Waals surface area contributed by atoms with Gasteiger partial charge in [-0.25, -0.2) is 0 Å². The zero-order chi connectivity index (χ0) is 14.7. The van der Waals surface area contributed by atoms with Crippen LogP contribution in [0.1, 0.15) is 19.4 Å². The summed E-state index contributed by atoms with van der Waals surface area (Å²) in [5.41, 5.74) is 0.155. The van der Waals surface area contributed by atoms with Gasteiger partial charge in [0.05, 0.1) is 23.5 Å². The predicted molar refractivity (Wildman–Crippen MR) is 70.3 cm³/mol. The maximum atomic E-state index is 13.8. The molecule has 2 aliphatic heterocycles. The lowest BCUT2D eigenvalue weighted by Crippen LogP contribution is -2.35. The Labute approximate surface area is 115 Å². The van der Waals surface area contributed by atoms with E-state index in [1.54, 1.807) is 0 Å². The van der Waals surface area contributed by atoms with Gasteiger partial charge in [0.25, 0.3) is 0 Å². The molecule has 1 aromatic rings. The average molecular weight is 281 g/mol. The Hall–Kier alpha value is -1.47. The van der Waals surface area contributed by atoms with Gasteiger partial charge in [-0.3, -0.25) is 4.79 Å². The van der Waals surface area contributed by atoms with Crippen molar-refractivity contribution >= 4 is 24.2 Å². The van der Waals surface area contributed by atoms with Crippen LogP contribution in [0.5, 0.6) is 0 Å². The van der Waals surface area contributed by atoms with Gasteiger partial charge in [-0.2, -0.15) is 8.78 Å². The smallest absolute Gasteiger partial charge is 0.404 e. The van der Waals surface area contributed by atoms with Gasteiger partial charge in [-0.05, 0) is 25.4 Å². The summed E-state index contributed by atoms with van der Waals surface area (Å²) in [7, 11) is 0.750. The van der Waals surface area contributed by atoms with Crippen LogP contribution >= 0.6 is 0 Å². The molecule has 1 amide bonds. The highest BCUT2D eigenvalue weighted by molar-refractivity contribution is 6.62. The molecule has 0 aliphatic carbocycles. The van der Waals surface area contributed by atoms with Gasteiger partial charge >= 0.3 is 18.9 Å². The van der Waals surface area contributed by atoms with E-state index in [-0.39, 0.29) is 11.3 Å². The van der Waals surface area contributed by atoms with E-state index in [2.05, 4.69) is 0 Å². The van der Waals surface area contributed by atoms with E-state index in [9.17, 15) is 13.6 Å². The van der Waals surface area contributed by atoms with E-state index in [1.165, 1.54) is 25.2 Å². The molecule has 2 aliphatic rings. The van der Waals surface area contributed by atoms with Gasteiger partial charge < -0.3 is 14.2 Å². The van der Waals surface area contributed by atoms with E-state index >= 15 is 0 Å². The number of halogens is 2. The molecule has 0 radical (unpaired) electrons. The third-order valence-electron chi connectivity index (χ3n) is 3.58. The van der Waals surface area contributed by atoms with Crippen LogP contribution in [0.15, 0.2) is 18.2 Å². The van der Waals surface area contributed by atoms with Crippen molar-refractivity contribution in [3.8, 4) is 0 Å². The summed E-state index contributed by atoms with van der Waals surface area (Å²) in [4.78, 5) is 12.5. The molecule has 0 unspecified atom stereocenters. The van der Waals surface area contributed by atoms with E-state index in [0.29, 0.717) is 12.1 Å². The molecule has 106 valence electrons. The number of carbonyl (C=O) groups excluding carboxylic acids is 1. The van der Waals surface area contributed by atoms with E-state index in [1.807, 2.05) is 13.8 Å². The van der Waals surface area contributed by atoms with Crippen molar-refractivity contribution in [2.24, 2.45) is 0 Å². The standard InChI is InChI=1S/C13H14BF2NO3/c1-12(2)7-19-14(20-12)8-4-5-9-10(6-8)17(3)11(18)13(9,15)16/h4-6H,7H2,1-3H3. The quantitative estimate of drug-likeness (QED) is 0.728. The third-order valence-corrected chi connectivity index (χ3v) is 3.58. The van der Waals surface area contributed by atoms with Crippen LogP contribution in [0.2, 0.25) is 0 Å². The molecule has 3 rings (SSSR count). The Morgan fingerprint density at radius 2 is 2.05 bits per heavy atom. The topological polar surface area (TPSA) is 38.8 Å². The number of benzene rings is 1. The number of amides is 1. The molecule has 1 saturated heterocycles. The first-order chi connectivity index (χ1) is 9.22. The van der Waals surface area contributed by atoms with Crippen molar-refractivity contribution in [2.75, 3.05) is 18.6 Å². The van der Waals surface area contributed by atoms with Crippen molar-refractivity contribution in [2.45, 2.75) is 25.4 Å². The third kappa shape index (κ3) is 1.84. The van der Waals surface area contributed by atoms with Gasteiger partial charge in [-0.15, -0.1) is 0 Å². The number of rotatable bonds is 1. The van der Waals surface area contributed by atoms with Gasteiger partial charge in [-0.1, -0.05) is 12.1 Å². The van der Waals surface area contributed by atoms with Crippen molar-refractivity contribution in [1.82, 2.24) is 0 Å². The molecule has 20 heavy (non-hydrogen) atoms. The number of nitrogens with zero attached hydrogens (tertiary/aromatic N) is 1. The molecule has 0 N–H and O–H groups in total. The second-order valence-corrected chi connectivity index (χ2v) is 5.74. The van der Waals surface area contributed by atoms with E-state index in [4.69, 9.17) is 9.31 Å². The molecule has 2 heterocycles. The number of anilines is 1. The summed E-state index contributed by atoms with van der Waals surface area (Å²) in [6.07, 6.45) is 0. The SMILES string of the molecule is CN1C(=O)C(F)(F)c2ccc(B3OCC(C)(C)O3)cc21. The highest BCUT2D eigenvalue weighted by Gasteiger charge is 2.52. The minimum absolute atomic E-state index is 0.203. The van der Waals surface area contributed by atoms with Crippen molar-refractivity contribution in [3.63, 3.8) is 0 Å².